The van der Waals surface area contributed by atoms with Crippen LogP contribution in [0.3, 0.4) is 0 Å². The Bertz CT molecular complexity index is 1630. The van der Waals surface area contributed by atoms with Crippen LogP contribution in [0.1, 0.15) is 59.0 Å². The van der Waals surface area contributed by atoms with Gasteiger partial charge in [0.1, 0.15) is 6.61 Å². The van der Waals surface area contributed by atoms with E-state index in [-0.39, 0.29) is 42.9 Å². The fourth-order valence-corrected chi connectivity index (χ4v) is 4.74. The summed E-state index contributed by atoms with van der Waals surface area (Å²) >= 11 is 0. The minimum Gasteiger partial charge on any atom is -0.465 e. The molecule has 48 heavy (non-hydrogen) atoms. The molecule has 0 fully saturated rings. The van der Waals surface area contributed by atoms with Gasteiger partial charge in [-0.3, -0.25) is 24.0 Å². The molecule has 0 aliphatic heterocycles. The van der Waals surface area contributed by atoms with Crippen LogP contribution in [0.15, 0.2) is 66.7 Å². The molecule has 0 aromatic heterocycles. The quantitative estimate of drug-likeness (QED) is 0.135. The number of benzene rings is 3. The maximum Gasteiger partial charge on any atom is 0.416 e. The molecular formula is C35H37F3N2O8. The molecule has 0 saturated heterocycles. The largest absolute Gasteiger partial charge is 0.465 e. The maximum atomic E-state index is 13.5. The van der Waals surface area contributed by atoms with E-state index < -0.39 is 53.5 Å². The van der Waals surface area contributed by atoms with Crippen LogP contribution in [0.2, 0.25) is 0 Å². The molecule has 2 amide bonds. The lowest BCUT2D eigenvalue weighted by atomic mass is 9.86. The topological polar surface area (TPSA) is 128 Å². The Labute approximate surface area is 276 Å². The van der Waals surface area contributed by atoms with Crippen LogP contribution >= 0.6 is 0 Å². The summed E-state index contributed by atoms with van der Waals surface area (Å²) in [5.74, 6) is -3.67. The van der Waals surface area contributed by atoms with E-state index in [1.54, 1.807) is 39.0 Å². The van der Waals surface area contributed by atoms with Crippen molar-refractivity contribution in [3.63, 3.8) is 0 Å². The van der Waals surface area contributed by atoms with E-state index in [1.807, 2.05) is 0 Å². The number of anilines is 1. The average molecular weight is 671 g/mol. The van der Waals surface area contributed by atoms with Gasteiger partial charge in [0.15, 0.2) is 5.41 Å². The minimum atomic E-state index is -4.51. The Morgan fingerprint density at radius 1 is 0.771 bits per heavy atom. The number of esters is 3. The van der Waals surface area contributed by atoms with Crippen LogP contribution < -0.4 is 5.32 Å². The molecule has 1 N–H and O–H groups in total. The molecule has 0 spiro atoms. The van der Waals surface area contributed by atoms with Crippen molar-refractivity contribution in [3.8, 4) is 11.1 Å². The first-order valence-electron chi connectivity index (χ1n) is 15.1. The van der Waals surface area contributed by atoms with Gasteiger partial charge in [-0.05, 0) is 67.3 Å². The van der Waals surface area contributed by atoms with E-state index in [1.165, 1.54) is 55.4 Å². The molecule has 3 aromatic rings. The summed E-state index contributed by atoms with van der Waals surface area (Å²) in [6, 6.07) is 15.1. The van der Waals surface area contributed by atoms with Crippen molar-refractivity contribution in [2.24, 2.45) is 5.41 Å². The fraction of sp³-hybridized carbons (Fsp3) is 0.343. The molecule has 0 bridgehead atoms. The van der Waals surface area contributed by atoms with Crippen LogP contribution in [-0.2, 0) is 41.2 Å². The van der Waals surface area contributed by atoms with E-state index >= 15 is 0 Å². The molecule has 0 unspecified atom stereocenters. The Balaban J connectivity index is 1.86. The highest BCUT2D eigenvalue weighted by atomic mass is 19.4. The lowest BCUT2D eigenvalue weighted by Crippen LogP contribution is -2.46. The molecule has 13 heteroatoms. The second kappa shape index (κ2) is 16.1. The number of nitrogens with one attached hydrogen (secondary N) is 1. The van der Waals surface area contributed by atoms with Crippen LogP contribution in [0.5, 0.6) is 0 Å². The van der Waals surface area contributed by atoms with E-state index in [0.717, 1.165) is 12.1 Å². The molecule has 0 heterocycles. The van der Waals surface area contributed by atoms with Gasteiger partial charge in [-0.15, -0.1) is 0 Å². The molecule has 3 aromatic carbocycles. The number of halogens is 3. The van der Waals surface area contributed by atoms with Crippen molar-refractivity contribution >= 4 is 35.4 Å². The molecule has 10 nitrogen and oxygen atoms in total. The lowest BCUT2D eigenvalue weighted by molar-refractivity contribution is -0.178. The van der Waals surface area contributed by atoms with Crippen molar-refractivity contribution < 1.29 is 51.4 Å². The fourth-order valence-electron chi connectivity index (χ4n) is 4.74. The first-order chi connectivity index (χ1) is 22.7. The monoisotopic (exact) mass is 670 g/mol. The molecule has 0 aliphatic rings. The van der Waals surface area contributed by atoms with E-state index in [9.17, 15) is 37.1 Å². The van der Waals surface area contributed by atoms with E-state index in [0.29, 0.717) is 16.7 Å². The maximum absolute atomic E-state index is 13.5. The SMILES string of the molecule is CCOC(=O)C(CC)(COC(=O)Cc1ccc(NC(=O)c2ccccc2-c2ccc(C(F)(F)F)cc2)c(C(=O)N(C)C)c1)C(=O)OCC. The predicted molar refractivity (Wildman–Crippen MR) is 170 cm³/mol. The molecule has 0 atom stereocenters. The van der Waals surface area contributed by atoms with Crippen molar-refractivity contribution in [2.45, 2.75) is 39.8 Å². The van der Waals surface area contributed by atoms with Crippen molar-refractivity contribution in [1.29, 1.82) is 0 Å². The number of carbonyl (C=O) groups is 5. The van der Waals surface area contributed by atoms with Crippen LogP contribution in [0.4, 0.5) is 18.9 Å². The van der Waals surface area contributed by atoms with Gasteiger partial charge in [0.2, 0.25) is 0 Å². The third-order valence-corrected chi connectivity index (χ3v) is 7.43. The Morgan fingerprint density at radius 3 is 1.92 bits per heavy atom. The Hall–Kier alpha value is -5.20. The lowest BCUT2D eigenvalue weighted by Gasteiger charge is -2.27. The number of rotatable bonds is 13. The summed E-state index contributed by atoms with van der Waals surface area (Å²) in [7, 11) is 3.01. The molecule has 0 aliphatic carbocycles. The van der Waals surface area contributed by atoms with Crippen LogP contribution in [0.25, 0.3) is 11.1 Å². The number of ether oxygens (including phenoxy) is 3. The van der Waals surface area contributed by atoms with Crippen LogP contribution in [0, 0.1) is 5.41 Å². The van der Waals surface area contributed by atoms with Gasteiger partial charge in [-0.25, -0.2) is 0 Å². The van der Waals surface area contributed by atoms with Gasteiger partial charge in [0, 0.05) is 19.7 Å². The molecule has 0 saturated carbocycles. The van der Waals surface area contributed by atoms with Crippen molar-refractivity contribution in [3.05, 3.63) is 89.0 Å². The smallest absolute Gasteiger partial charge is 0.416 e. The van der Waals surface area contributed by atoms with E-state index in [4.69, 9.17) is 14.2 Å². The summed E-state index contributed by atoms with van der Waals surface area (Å²) in [6.45, 7) is 4.10. The molecule has 0 radical (unpaired) electrons. The highest BCUT2D eigenvalue weighted by Gasteiger charge is 2.49. The Morgan fingerprint density at radius 2 is 1.38 bits per heavy atom. The number of hydrogen-bond acceptors (Lipinski definition) is 8. The number of alkyl halides is 3. The number of nitrogens with zero attached hydrogens (tertiary/aromatic N) is 1. The zero-order chi connectivity index (χ0) is 35.6. The zero-order valence-electron chi connectivity index (χ0n) is 27.2. The number of amides is 2. The van der Waals surface area contributed by atoms with Gasteiger partial charge in [-0.1, -0.05) is 43.3 Å². The standard InChI is InChI=1S/C35H37F3N2O8/c1-6-34(32(44)46-7-2,33(45)47-8-3)21-48-29(41)20-22-13-18-28(27(19-22)31(43)40(4)5)39-30(42)26-12-10-9-11-25(26)23-14-16-24(17-15-23)35(36,37)38/h9-19H,6-8,20-21H2,1-5H3,(H,39,42). The summed E-state index contributed by atoms with van der Waals surface area (Å²) in [5.41, 5.74) is -1.27. The highest BCUT2D eigenvalue weighted by molar-refractivity contribution is 6.12. The summed E-state index contributed by atoms with van der Waals surface area (Å²) < 4.78 is 54.7. The average Bonchev–Trinajstić information content (AvgIpc) is 3.05. The highest BCUT2D eigenvalue weighted by Crippen LogP contribution is 2.32. The van der Waals surface area contributed by atoms with Crippen LogP contribution in [-0.4, -0.2) is 68.5 Å². The second-order valence-electron chi connectivity index (χ2n) is 10.9. The molecule has 256 valence electrons. The third kappa shape index (κ3) is 8.78. The van der Waals surface area contributed by atoms with Gasteiger partial charge >= 0.3 is 24.1 Å². The summed E-state index contributed by atoms with van der Waals surface area (Å²) in [6.07, 6.45) is -4.90. The van der Waals surface area contributed by atoms with Gasteiger partial charge < -0.3 is 24.4 Å². The second-order valence-corrected chi connectivity index (χ2v) is 10.9. The zero-order valence-corrected chi connectivity index (χ0v) is 27.2. The molecule has 3 rings (SSSR count). The van der Waals surface area contributed by atoms with Gasteiger partial charge in [0.05, 0.1) is 36.4 Å². The first-order valence-corrected chi connectivity index (χ1v) is 15.1. The summed E-state index contributed by atoms with van der Waals surface area (Å²) in [4.78, 5) is 66.2. The van der Waals surface area contributed by atoms with Gasteiger partial charge in [0.25, 0.3) is 11.8 Å². The Kier molecular flexibility index (Phi) is 12.5. The number of hydrogen-bond donors (Lipinski definition) is 1. The third-order valence-electron chi connectivity index (χ3n) is 7.43. The predicted octanol–water partition coefficient (Wildman–Crippen LogP) is 5.93. The van der Waals surface area contributed by atoms with E-state index in [2.05, 4.69) is 5.32 Å². The van der Waals surface area contributed by atoms with Crippen molar-refractivity contribution in [1.82, 2.24) is 4.90 Å². The summed E-state index contributed by atoms with van der Waals surface area (Å²) in [5, 5.41) is 2.71. The van der Waals surface area contributed by atoms with Crippen molar-refractivity contribution in [2.75, 3.05) is 39.2 Å². The first kappa shape index (κ1) is 37.3. The van der Waals surface area contributed by atoms with Gasteiger partial charge in [-0.2, -0.15) is 13.2 Å². The molecular weight excluding hydrogens is 633 g/mol. The number of carbonyl (C=O) groups excluding carboxylic acids is 5. The minimum absolute atomic E-state index is 0.000141. The normalized spacial score (nSPS) is 11.3.